The largest absolute Gasteiger partial charge is 0.321 e. The summed E-state index contributed by atoms with van der Waals surface area (Å²) in [4.78, 5) is 5.28. The highest BCUT2D eigenvalue weighted by Crippen LogP contribution is 2.34. The molecule has 0 saturated carbocycles. The van der Waals surface area contributed by atoms with Gasteiger partial charge in [-0.3, -0.25) is 4.57 Å². The predicted molar refractivity (Wildman–Crippen MR) is 134 cm³/mol. The number of allylic oxidation sites excluding steroid dienone is 2. The maximum atomic E-state index is 5.28. The number of rotatable bonds is 2. The van der Waals surface area contributed by atoms with E-state index in [4.69, 9.17) is 4.99 Å². The lowest BCUT2D eigenvalue weighted by Crippen LogP contribution is -2.18. The summed E-state index contributed by atoms with van der Waals surface area (Å²) >= 11 is 0. The van der Waals surface area contributed by atoms with Gasteiger partial charge in [0.2, 0.25) is 0 Å². The summed E-state index contributed by atoms with van der Waals surface area (Å²) in [7, 11) is 0. The Bertz CT molecular complexity index is 1520. The smallest absolute Gasteiger partial charge is 0.135 e. The van der Waals surface area contributed by atoms with Crippen LogP contribution in [0.1, 0.15) is 30.8 Å². The molecule has 1 aliphatic heterocycles. The number of nitrogens with zero attached hydrogens (tertiary/aromatic N) is 3. The van der Waals surface area contributed by atoms with Gasteiger partial charge >= 0.3 is 0 Å². The van der Waals surface area contributed by atoms with E-state index in [1.54, 1.807) is 0 Å². The number of fused-ring (bicyclic) bond motifs is 4. The van der Waals surface area contributed by atoms with Crippen molar-refractivity contribution in [2.75, 3.05) is 0 Å². The first-order valence-corrected chi connectivity index (χ1v) is 11.1. The van der Waals surface area contributed by atoms with Gasteiger partial charge in [-0.2, -0.15) is 0 Å². The Morgan fingerprint density at radius 2 is 1.75 bits per heavy atom. The maximum absolute atomic E-state index is 5.28. The Hall–Kier alpha value is -4.03. The lowest BCUT2D eigenvalue weighted by Gasteiger charge is -2.22. The molecule has 3 aromatic carbocycles. The molecule has 0 amide bonds. The molecular weight excluding hydrogens is 390 g/mol. The summed E-state index contributed by atoms with van der Waals surface area (Å²) in [6.45, 7) is 4.27. The average Bonchev–Trinajstić information content (AvgIpc) is 3.32. The molecule has 32 heavy (non-hydrogen) atoms. The minimum absolute atomic E-state index is 0.00260. The van der Waals surface area contributed by atoms with Gasteiger partial charge in [0.1, 0.15) is 17.5 Å². The second-order valence-corrected chi connectivity index (χ2v) is 8.21. The normalized spacial score (nSPS) is 16.3. The third-order valence-corrected chi connectivity index (χ3v) is 6.40. The number of aliphatic imine (C=N–C) groups is 1. The molecule has 1 atom stereocenters. The van der Waals surface area contributed by atoms with E-state index >= 15 is 0 Å². The predicted octanol–water partition coefficient (Wildman–Crippen LogP) is 7.10. The van der Waals surface area contributed by atoms with E-state index in [-0.39, 0.29) is 6.17 Å². The zero-order valence-corrected chi connectivity index (χ0v) is 18.2. The summed E-state index contributed by atoms with van der Waals surface area (Å²) in [5.41, 5.74) is 5.90. The molecule has 0 N–H and O–H groups in total. The second-order valence-electron chi connectivity index (χ2n) is 8.21. The van der Waals surface area contributed by atoms with Gasteiger partial charge in [-0.05, 0) is 50.3 Å². The molecular formula is C29H23N3. The van der Waals surface area contributed by atoms with Crippen LogP contribution in [0.4, 0.5) is 0 Å². The highest BCUT2D eigenvalue weighted by molar-refractivity contribution is 6.15. The fourth-order valence-electron chi connectivity index (χ4n) is 5.05. The SMILES string of the molecule is C/C=C\c1c(C)n(C2CC=CC(n3c4c#cccc4c4ccccc43)=N2)c2ccccc12. The summed E-state index contributed by atoms with van der Waals surface area (Å²) in [6.07, 6.45) is 9.56. The molecule has 0 bridgehead atoms. The number of hydrogen-bond acceptors (Lipinski definition) is 1. The van der Waals surface area contributed by atoms with Gasteiger partial charge in [0, 0.05) is 33.8 Å². The van der Waals surface area contributed by atoms with Crippen molar-refractivity contribution in [3.05, 3.63) is 102 Å². The van der Waals surface area contributed by atoms with Crippen molar-refractivity contribution in [3.63, 3.8) is 0 Å². The first kappa shape index (κ1) is 18.7. The van der Waals surface area contributed by atoms with Crippen LogP contribution < -0.4 is 0 Å². The Morgan fingerprint density at radius 3 is 2.59 bits per heavy atom. The van der Waals surface area contributed by atoms with Crippen molar-refractivity contribution in [1.82, 2.24) is 9.13 Å². The molecule has 3 heteroatoms. The minimum atomic E-state index is 0.00260. The monoisotopic (exact) mass is 413 g/mol. The molecule has 0 radical (unpaired) electrons. The number of dihydropyridines is 1. The minimum Gasteiger partial charge on any atom is -0.321 e. The van der Waals surface area contributed by atoms with E-state index in [0.29, 0.717) is 0 Å². The van der Waals surface area contributed by atoms with E-state index in [0.717, 1.165) is 23.3 Å². The highest BCUT2D eigenvalue weighted by Gasteiger charge is 2.22. The Balaban J connectivity index is 1.58. The van der Waals surface area contributed by atoms with Gasteiger partial charge in [-0.15, -0.1) is 0 Å². The molecule has 5 aromatic rings. The van der Waals surface area contributed by atoms with Crippen molar-refractivity contribution in [2.24, 2.45) is 4.99 Å². The van der Waals surface area contributed by atoms with Crippen LogP contribution in [0.3, 0.4) is 0 Å². The number of para-hydroxylation sites is 2. The van der Waals surface area contributed by atoms with Gasteiger partial charge in [-0.25, -0.2) is 4.99 Å². The van der Waals surface area contributed by atoms with Crippen LogP contribution in [-0.2, 0) is 0 Å². The van der Waals surface area contributed by atoms with Gasteiger partial charge in [-0.1, -0.05) is 60.7 Å². The average molecular weight is 414 g/mol. The van der Waals surface area contributed by atoms with E-state index in [1.807, 2.05) is 6.07 Å². The van der Waals surface area contributed by atoms with Crippen molar-refractivity contribution >= 4 is 44.6 Å². The van der Waals surface area contributed by atoms with Gasteiger partial charge < -0.3 is 4.57 Å². The van der Waals surface area contributed by atoms with Crippen LogP contribution in [0.15, 0.2) is 83.9 Å². The van der Waals surface area contributed by atoms with Crippen molar-refractivity contribution < 1.29 is 0 Å². The lowest BCUT2D eigenvalue weighted by molar-refractivity contribution is 0.532. The Kier molecular flexibility index (Phi) is 4.26. The molecule has 1 unspecified atom stereocenters. The maximum Gasteiger partial charge on any atom is 0.135 e. The number of benzene rings is 2. The quantitative estimate of drug-likeness (QED) is 0.295. The number of aromatic nitrogens is 2. The zero-order valence-electron chi connectivity index (χ0n) is 18.2. The summed E-state index contributed by atoms with van der Waals surface area (Å²) in [6, 6.07) is 27.6. The molecule has 3 heterocycles. The van der Waals surface area contributed by atoms with Crippen LogP contribution in [0.2, 0.25) is 0 Å². The van der Waals surface area contributed by atoms with Crippen molar-refractivity contribution in [3.8, 4) is 0 Å². The molecule has 154 valence electrons. The summed E-state index contributed by atoms with van der Waals surface area (Å²) < 4.78 is 4.61. The molecule has 0 spiro atoms. The van der Waals surface area contributed by atoms with Crippen LogP contribution >= 0.6 is 0 Å². The zero-order chi connectivity index (χ0) is 21.7. The van der Waals surface area contributed by atoms with Crippen LogP contribution in [0.5, 0.6) is 0 Å². The third-order valence-electron chi connectivity index (χ3n) is 6.40. The molecule has 1 aliphatic rings. The molecule has 3 nitrogen and oxygen atoms in total. The molecule has 0 aliphatic carbocycles. The van der Waals surface area contributed by atoms with Crippen LogP contribution in [0, 0.1) is 19.1 Å². The topological polar surface area (TPSA) is 22.2 Å². The molecule has 2 aromatic heterocycles. The van der Waals surface area contributed by atoms with E-state index in [9.17, 15) is 0 Å². The third kappa shape index (κ3) is 2.66. The first-order chi connectivity index (χ1) is 15.8. The molecule has 6 rings (SSSR count). The standard InChI is InChI=1S/C29H23N3/c1-3-11-21-20(2)31(25-15-7-4-12-22(21)25)28-18-10-19-29(30-28)32-26-16-8-5-13-23(26)24-14-6-9-17-27(24)32/h3-8,10-16,19,28H,18H2,1-2H3/b11-3-. The first-order valence-electron chi connectivity index (χ1n) is 11.1. The molecule has 0 saturated heterocycles. The highest BCUT2D eigenvalue weighted by atomic mass is 15.2. The fourth-order valence-corrected chi connectivity index (χ4v) is 5.05. The molecule has 0 fully saturated rings. The Labute approximate surface area is 187 Å². The second kappa shape index (κ2) is 7.28. The van der Waals surface area contributed by atoms with E-state index in [1.165, 1.54) is 32.9 Å². The Morgan fingerprint density at radius 1 is 0.969 bits per heavy atom. The fraction of sp³-hybridized carbons (Fsp3) is 0.138. The number of hydrogen-bond donors (Lipinski definition) is 0. The van der Waals surface area contributed by atoms with Crippen molar-refractivity contribution in [2.45, 2.75) is 26.4 Å². The van der Waals surface area contributed by atoms with Gasteiger partial charge in [0.05, 0.1) is 11.0 Å². The van der Waals surface area contributed by atoms with E-state index in [2.05, 4.69) is 114 Å². The van der Waals surface area contributed by atoms with Crippen LogP contribution in [-0.4, -0.2) is 15.0 Å². The summed E-state index contributed by atoms with van der Waals surface area (Å²) in [5.74, 6) is 0.938. The van der Waals surface area contributed by atoms with E-state index < -0.39 is 0 Å². The van der Waals surface area contributed by atoms with Crippen LogP contribution in [0.25, 0.3) is 38.8 Å². The van der Waals surface area contributed by atoms with Crippen molar-refractivity contribution in [1.29, 1.82) is 0 Å². The summed E-state index contributed by atoms with van der Waals surface area (Å²) in [5, 5.41) is 3.66. The van der Waals surface area contributed by atoms with Gasteiger partial charge in [0.15, 0.2) is 0 Å². The lowest BCUT2D eigenvalue weighted by atomic mass is 10.1. The van der Waals surface area contributed by atoms with Gasteiger partial charge in [0.25, 0.3) is 0 Å².